The minimum absolute atomic E-state index is 0.0781. The van der Waals surface area contributed by atoms with Gasteiger partial charge in [0.1, 0.15) is 5.75 Å². The molecule has 2 aliphatic heterocycles. The van der Waals surface area contributed by atoms with Crippen molar-refractivity contribution >= 4 is 15.9 Å². The number of likely N-dealkylation sites (N-methyl/N-ethyl adjacent to an activating group) is 1. The first-order chi connectivity index (χ1) is 18.3. The predicted molar refractivity (Wildman–Crippen MR) is 146 cm³/mol. The molecule has 1 amide bonds. The van der Waals surface area contributed by atoms with Crippen molar-refractivity contribution in [3.05, 3.63) is 59.2 Å². The van der Waals surface area contributed by atoms with Gasteiger partial charge in [0.25, 0.3) is 0 Å². The quantitative estimate of drug-likeness (QED) is 0.552. The lowest BCUT2D eigenvalue weighted by atomic mass is 9.81. The second-order valence-electron chi connectivity index (χ2n) is 10.8. The number of nitrogens with zero attached hydrogens (tertiary/aromatic N) is 3. The second-order valence-corrected chi connectivity index (χ2v) is 12.7. The Bertz CT molecular complexity index is 1250. The summed E-state index contributed by atoms with van der Waals surface area (Å²) in [5, 5.41) is 10.1. The molecule has 0 spiro atoms. The molecule has 3 atom stereocenters. The fourth-order valence-electron chi connectivity index (χ4n) is 6.37. The van der Waals surface area contributed by atoms with E-state index in [4.69, 9.17) is 4.74 Å². The summed E-state index contributed by atoms with van der Waals surface area (Å²) in [7, 11) is -0.300. The number of hydrogen-bond donors (Lipinski definition) is 1. The van der Waals surface area contributed by atoms with E-state index in [2.05, 4.69) is 4.90 Å². The monoisotopic (exact) mass is 541 g/mol. The highest BCUT2D eigenvalue weighted by atomic mass is 32.2. The molecule has 8 nitrogen and oxygen atoms in total. The normalized spacial score (nSPS) is 23.2. The molecule has 1 aliphatic carbocycles. The molecule has 2 saturated heterocycles. The maximum absolute atomic E-state index is 14.3. The zero-order chi connectivity index (χ0) is 26.9. The Balaban J connectivity index is 1.53. The summed E-state index contributed by atoms with van der Waals surface area (Å²) in [5.41, 5.74) is 2.48. The molecular formula is C29H39N3O5S. The fourth-order valence-corrected chi connectivity index (χ4v) is 8.17. The Morgan fingerprint density at radius 1 is 1.08 bits per heavy atom. The average Bonchev–Trinajstić information content (AvgIpc) is 3.63. The number of rotatable bonds is 8. The van der Waals surface area contributed by atoms with Crippen LogP contribution >= 0.6 is 0 Å². The molecule has 3 aliphatic rings. The molecule has 0 saturated carbocycles. The van der Waals surface area contributed by atoms with Crippen LogP contribution in [0.5, 0.6) is 5.75 Å². The minimum Gasteiger partial charge on any atom is -0.496 e. The number of carbonyl (C=O) groups excluding carboxylic acids is 1. The minimum atomic E-state index is -3.72. The SMILES string of the molecule is COc1ccc(S(=O)(=O)N2CCCC2)c2c1CCCC2C(=O)N(C)C(CN1CCC(O)C1)c1ccccc1. The van der Waals surface area contributed by atoms with Crippen molar-refractivity contribution in [1.82, 2.24) is 14.1 Å². The van der Waals surface area contributed by atoms with Gasteiger partial charge in [0.15, 0.2) is 0 Å². The molecule has 9 heteroatoms. The highest BCUT2D eigenvalue weighted by molar-refractivity contribution is 7.89. The van der Waals surface area contributed by atoms with Gasteiger partial charge in [-0.15, -0.1) is 0 Å². The number of hydrogen-bond acceptors (Lipinski definition) is 6. The van der Waals surface area contributed by atoms with E-state index in [0.717, 1.165) is 43.4 Å². The second kappa shape index (κ2) is 11.3. The molecule has 38 heavy (non-hydrogen) atoms. The Kier molecular flexibility index (Phi) is 8.09. The molecule has 0 bridgehead atoms. The van der Waals surface area contributed by atoms with Crippen molar-refractivity contribution in [2.24, 2.45) is 0 Å². The summed E-state index contributed by atoms with van der Waals surface area (Å²) >= 11 is 0. The summed E-state index contributed by atoms with van der Waals surface area (Å²) in [6.45, 7) is 3.01. The first kappa shape index (κ1) is 27.1. The fraction of sp³-hybridized carbons (Fsp3) is 0.552. The van der Waals surface area contributed by atoms with Gasteiger partial charge in [-0.1, -0.05) is 30.3 Å². The molecular weight excluding hydrogens is 502 g/mol. The lowest BCUT2D eigenvalue weighted by Gasteiger charge is -2.37. The molecule has 1 N–H and O–H groups in total. The van der Waals surface area contributed by atoms with E-state index < -0.39 is 15.9 Å². The van der Waals surface area contributed by atoms with Crippen LogP contribution in [0.4, 0.5) is 0 Å². The summed E-state index contributed by atoms with van der Waals surface area (Å²) in [4.78, 5) is 18.6. The van der Waals surface area contributed by atoms with Crippen molar-refractivity contribution in [2.75, 3.05) is 46.9 Å². The molecule has 5 rings (SSSR count). The van der Waals surface area contributed by atoms with Crippen molar-refractivity contribution in [3.63, 3.8) is 0 Å². The number of likely N-dealkylation sites (tertiary alicyclic amines) is 1. The lowest BCUT2D eigenvalue weighted by molar-refractivity contribution is -0.134. The van der Waals surface area contributed by atoms with E-state index in [0.29, 0.717) is 50.3 Å². The number of ether oxygens (including phenoxy) is 1. The van der Waals surface area contributed by atoms with Gasteiger partial charge in [-0.05, 0) is 67.3 Å². The van der Waals surface area contributed by atoms with Crippen molar-refractivity contribution in [2.45, 2.75) is 61.5 Å². The van der Waals surface area contributed by atoms with Gasteiger partial charge in [0.05, 0.1) is 30.1 Å². The number of amides is 1. The number of carbonyl (C=O) groups is 1. The van der Waals surface area contributed by atoms with Gasteiger partial charge >= 0.3 is 0 Å². The lowest BCUT2D eigenvalue weighted by Crippen LogP contribution is -2.42. The van der Waals surface area contributed by atoms with Gasteiger partial charge in [-0.25, -0.2) is 8.42 Å². The summed E-state index contributed by atoms with van der Waals surface area (Å²) in [6, 6.07) is 13.1. The average molecular weight is 542 g/mol. The maximum atomic E-state index is 14.3. The highest BCUT2D eigenvalue weighted by Crippen LogP contribution is 2.43. The van der Waals surface area contributed by atoms with Crippen LogP contribution in [-0.4, -0.2) is 86.5 Å². The van der Waals surface area contributed by atoms with Crippen molar-refractivity contribution < 1.29 is 23.1 Å². The molecule has 0 radical (unpaired) electrons. The summed E-state index contributed by atoms with van der Waals surface area (Å²) < 4.78 is 34.8. The topological polar surface area (TPSA) is 90.4 Å². The van der Waals surface area contributed by atoms with Crippen LogP contribution in [0, 0.1) is 0 Å². The third-order valence-electron chi connectivity index (χ3n) is 8.42. The predicted octanol–water partition coefficient (Wildman–Crippen LogP) is 3.17. The molecule has 2 aromatic rings. The Hall–Kier alpha value is -2.46. The van der Waals surface area contributed by atoms with Crippen LogP contribution < -0.4 is 4.74 Å². The number of β-amino-alcohol motifs (C(OH)–C–C–N with tert-alkyl or cyclic N) is 1. The number of benzene rings is 2. The zero-order valence-corrected chi connectivity index (χ0v) is 23.2. The van der Waals surface area contributed by atoms with E-state index >= 15 is 0 Å². The van der Waals surface area contributed by atoms with Crippen LogP contribution in [0.2, 0.25) is 0 Å². The van der Waals surface area contributed by atoms with E-state index in [1.165, 1.54) is 0 Å². The van der Waals surface area contributed by atoms with E-state index in [-0.39, 0.29) is 22.9 Å². The molecule has 2 aromatic carbocycles. The Labute approximate surface area is 226 Å². The standard InChI is InChI=1S/C29H39N3O5S/c1-30(25(21-9-4-3-5-10-21)20-31-18-15-22(33)19-31)29(34)24-12-8-11-23-26(37-2)13-14-27(28(23)24)38(35,36)32-16-6-7-17-32/h3-5,9-10,13-14,22,24-25,33H,6-8,11-12,15-20H2,1-2H3. The summed E-state index contributed by atoms with van der Waals surface area (Å²) in [6.07, 6.45) is 4.16. The van der Waals surface area contributed by atoms with E-state index in [9.17, 15) is 18.3 Å². The van der Waals surface area contributed by atoms with Gasteiger partial charge < -0.3 is 14.7 Å². The number of aliphatic hydroxyl groups excluding tert-OH is 1. The van der Waals surface area contributed by atoms with Crippen LogP contribution in [0.1, 0.15) is 60.8 Å². The highest BCUT2D eigenvalue weighted by Gasteiger charge is 2.40. The van der Waals surface area contributed by atoms with E-state index in [1.54, 1.807) is 28.4 Å². The third kappa shape index (κ3) is 5.21. The number of aliphatic hydroxyl groups is 1. The largest absolute Gasteiger partial charge is 0.496 e. The maximum Gasteiger partial charge on any atom is 0.243 e. The summed E-state index contributed by atoms with van der Waals surface area (Å²) in [5.74, 6) is -0.00142. The first-order valence-corrected chi connectivity index (χ1v) is 15.2. The first-order valence-electron chi connectivity index (χ1n) is 13.7. The van der Waals surface area contributed by atoms with Crippen LogP contribution in [-0.2, 0) is 21.2 Å². The molecule has 0 aromatic heterocycles. The Morgan fingerprint density at radius 3 is 2.47 bits per heavy atom. The number of fused-ring (bicyclic) bond motifs is 1. The molecule has 2 fully saturated rings. The Morgan fingerprint density at radius 2 is 1.82 bits per heavy atom. The molecule has 3 unspecified atom stereocenters. The molecule has 2 heterocycles. The van der Waals surface area contributed by atoms with Crippen LogP contribution in [0.15, 0.2) is 47.4 Å². The van der Waals surface area contributed by atoms with Crippen LogP contribution in [0.25, 0.3) is 0 Å². The van der Waals surface area contributed by atoms with E-state index in [1.807, 2.05) is 37.4 Å². The number of methoxy groups -OCH3 is 1. The van der Waals surface area contributed by atoms with Crippen LogP contribution in [0.3, 0.4) is 0 Å². The van der Waals surface area contributed by atoms with Crippen molar-refractivity contribution in [1.29, 1.82) is 0 Å². The number of sulfonamides is 1. The third-order valence-corrected chi connectivity index (χ3v) is 10.4. The van der Waals surface area contributed by atoms with Gasteiger partial charge in [0, 0.05) is 39.8 Å². The van der Waals surface area contributed by atoms with Gasteiger partial charge in [0.2, 0.25) is 15.9 Å². The van der Waals surface area contributed by atoms with Gasteiger partial charge in [-0.2, -0.15) is 4.31 Å². The van der Waals surface area contributed by atoms with Crippen molar-refractivity contribution in [3.8, 4) is 5.75 Å². The zero-order valence-electron chi connectivity index (χ0n) is 22.4. The smallest absolute Gasteiger partial charge is 0.243 e. The van der Waals surface area contributed by atoms with Gasteiger partial charge in [-0.3, -0.25) is 9.69 Å². The molecule has 206 valence electrons.